The molecule has 1 saturated heterocycles. The summed E-state index contributed by atoms with van der Waals surface area (Å²) in [5, 5.41) is 0. The van der Waals surface area contributed by atoms with Crippen molar-refractivity contribution in [1.82, 2.24) is 4.31 Å². The lowest BCUT2D eigenvalue weighted by Crippen LogP contribution is -2.34. The lowest BCUT2D eigenvalue weighted by molar-refractivity contribution is -0.137. The van der Waals surface area contributed by atoms with E-state index in [0.717, 1.165) is 30.5 Å². The van der Waals surface area contributed by atoms with Crippen LogP contribution in [0.3, 0.4) is 0 Å². The van der Waals surface area contributed by atoms with Crippen molar-refractivity contribution in [1.29, 1.82) is 0 Å². The van der Waals surface area contributed by atoms with Crippen molar-refractivity contribution in [3.8, 4) is 0 Å². The molecule has 0 saturated carbocycles. The van der Waals surface area contributed by atoms with Crippen LogP contribution in [-0.2, 0) is 16.2 Å². The zero-order valence-electron chi connectivity index (χ0n) is 14.4. The van der Waals surface area contributed by atoms with Gasteiger partial charge in [0, 0.05) is 13.1 Å². The summed E-state index contributed by atoms with van der Waals surface area (Å²) in [5.41, 5.74) is -0.170. The zero-order valence-corrected chi connectivity index (χ0v) is 15.2. The highest BCUT2D eigenvalue weighted by atomic mass is 32.2. The van der Waals surface area contributed by atoms with Crippen LogP contribution in [0.25, 0.3) is 0 Å². The summed E-state index contributed by atoms with van der Waals surface area (Å²) in [6, 6.07) is 9.71. The van der Waals surface area contributed by atoms with Gasteiger partial charge in [-0.2, -0.15) is 17.5 Å². The predicted molar refractivity (Wildman–Crippen MR) is 93.2 cm³/mol. The van der Waals surface area contributed by atoms with E-state index in [1.54, 1.807) is 12.1 Å². The van der Waals surface area contributed by atoms with Crippen molar-refractivity contribution in [2.45, 2.75) is 36.3 Å². The molecular weight excluding hydrogens is 382 g/mol. The predicted octanol–water partition coefficient (Wildman–Crippen LogP) is 4.80. The van der Waals surface area contributed by atoms with E-state index in [1.165, 1.54) is 22.5 Å². The van der Waals surface area contributed by atoms with Gasteiger partial charge in [-0.05, 0) is 54.7 Å². The first-order valence-electron chi connectivity index (χ1n) is 8.61. The summed E-state index contributed by atoms with van der Waals surface area (Å²) in [6.45, 7) is 0.403. The molecule has 0 spiro atoms. The number of rotatable bonds is 3. The summed E-state index contributed by atoms with van der Waals surface area (Å²) in [6.07, 6.45) is -2.46. The number of benzene rings is 2. The maximum Gasteiger partial charge on any atom is 0.416 e. The molecule has 1 heterocycles. The van der Waals surface area contributed by atoms with Crippen molar-refractivity contribution in [2.24, 2.45) is 0 Å². The number of alkyl halides is 3. The van der Waals surface area contributed by atoms with Crippen LogP contribution in [0.5, 0.6) is 0 Å². The minimum absolute atomic E-state index is 0.131. The van der Waals surface area contributed by atoms with Gasteiger partial charge in [0.1, 0.15) is 5.82 Å². The summed E-state index contributed by atoms with van der Waals surface area (Å²) < 4.78 is 79.1. The van der Waals surface area contributed by atoms with Crippen molar-refractivity contribution >= 4 is 10.0 Å². The van der Waals surface area contributed by atoms with Crippen LogP contribution >= 0.6 is 0 Å². The summed E-state index contributed by atoms with van der Waals surface area (Å²) >= 11 is 0. The van der Waals surface area contributed by atoms with Gasteiger partial charge in [-0.1, -0.05) is 24.6 Å². The Bertz CT molecular complexity index is 895. The first-order valence-corrected chi connectivity index (χ1v) is 10.0. The second-order valence-electron chi connectivity index (χ2n) is 6.63. The molecule has 1 fully saturated rings. The highest BCUT2D eigenvalue weighted by Crippen LogP contribution is 2.33. The Morgan fingerprint density at radius 2 is 1.70 bits per heavy atom. The molecule has 8 heteroatoms. The van der Waals surface area contributed by atoms with Gasteiger partial charge in [0.2, 0.25) is 10.0 Å². The third-order valence-corrected chi connectivity index (χ3v) is 6.64. The Labute approximate surface area is 155 Å². The van der Waals surface area contributed by atoms with E-state index >= 15 is 0 Å². The number of halogens is 4. The Kier molecular flexibility index (Phi) is 5.58. The lowest BCUT2D eigenvalue weighted by Gasteiger charge is -2.24. The van der Waals surface area contributed by atoms with E-state index in [9.17, 15) is 26.0 Å². The van der Waals surface area contributed by atoms with E-state index < -0.39 is 21.8 Å². The minimum atomic E-state index is -4.61. The second-order valence-corrected chi connectivity index (χ2v) is 8.57. The van der Waals surface area contributed by atoms with Crippen LogP contribution in [-0.4, -0.2) is 25.8 Å². The van der Waals surface area contributed by atoms with Crippen LogP contribution in [0, 0.1) is 5.82 Å². The fourth-order valence-electron chi connectivity index (χ4n) is 3.31. The molecule has 0 radical (unpaired) electrons. The van der Waals surface area contributed by atoms with Crippen molar-refractivity contribution in [3.05, 3.63) is 65.5 Å². The summed E-state index contributed by atoms with van der Waals surface area (Å²) in [7, 11) is -4.06. The maximum absolute atomic E-state index is 13.2. The van der Waals surface area contributed by atoms with Crippen LogP contribution < -0.4 is 0 Å². The van der Waals surface area contributed by atoms with E-state index in [4.69, 9.17) is 0 Å². The average Bonchev–Trinajstić information content (AvgIpc) is 2.88. The summed E-state index contributed by atoms with van der Waals surface area (Å²) in [5.74, 6) is -0.505. The first kappa shape index (κ1) is 19.8. The molecule has 2 aromatic rings. The molecule has 3 nitrogen and oxygen atoms in total. The average molecular weight is 401 g/mol. The van der Waals surface area contributed by atoms with Gasteiger partial charge in [-0.25, -0.2) is 12.8 Å². The molecule has 0 N–H and O–H groups in total. The molecule has 1 aliphatic rings. The molecule has 1 unspecified atom stereocenters. The Morgan fingerprint density at radius 1 is 1.00 bits per heavy atom. The molecule has 1 aliphatic heterocycles. The van der Waals surface area contributed by atoms with Crippen molar-refractivity contribution in [2.75, 3.05) is 13.1 Å². The molecule has 27 heavy (non-hydrogen) atoms. The zero-order chi connectivity index (χ0) is 19.7. The molecule has 0 aromatic heterocycles. The third-order valence-electron chi connectivity index (χ3n) is 4.77. The van der Waals surface area contributed by atoms with Gasteiger partial charge in [-0.15, -0.1) is 0 Å². The van der Waals surface area contributed by atoms with E-state index in [0.29, 0.717) is 12.5 Å². The van der Waals surface area contributed by atoms with Crippen molar-refractivity contribution in [3.63, 3.8) is 0 Å². The van der Waals surface area contributed by atoms with E-state index in [2.05, 4.69) is 0 Å². The quantitative estimate of drug-likeness (QED) is 0.693. The minimum Gasteiger partial charge on any atom is -0.207 e. The molecular formula is C19H19F4NO2S. The highest BCUT2D eigenvalue weighted by molar-refractivity contribution is 7.89. The molecule has 0 aliphatic carbocycles. The van der Waals surface area contributed by atoms with Crippen molar-refractivity contribution < 1.29 is 26.0 Å². The van der Waals surface area contributed by atoms with Crippen LogP contribution in [0.4, 0.5) is 17.6 Å². The van der Waals surface area contributed by atoms with Gasteiger partial charge in [0.25, 0.3) is 0 Å². The summed E-state index contributed by atoms with van der Waals surface area (Å²) in [4.78, 5) is -0.364. The van der Waals surface area contributed by atoms with E-state index in [1.807, 2.05) is 0 Å². The first-order chi connectivity index (χ1) is 12.7. The highest BCUT2D eigenvalue weighted by Gasteiger charge is 2.34. The monoisotopic (exact) mass is 401 g/mol. The third kappa shape index (κ3) is 4.50. The van der Waals surface area contributed by atoms with E-state index in [-0.39, 0.29) is 29.7 Å². The van der Waals surface area contributed by atoms with Crippen LogP contribution in [0.1, 0.15) is 36.3 Å². The molecule has 3 rings (SSSR count). The molecule has 0 amide bonds. The standard InChI is InChI=1S/C19H19F4NO2S/c20-17-9-7-14(8-10-17)15-4-1-2-11-24(13-15)27(25,26)18-6-3-5-16(12-18)19(21,22)23/h3,5-10,12,15H,1-2,4,11,13H2. The smallest absolute Gasteiger partial charge is 0.207 e. The number of hydrogen-bond acceptors (Lipinski definition) is 2. The Hall–Kier alpha value is -1.93. The van der Waals surface area contributed by atoms with Crippen LogP contribution in [0.15, 0.2) is 53.4 Å². The van der Waals surface area contributed by atoms with Gasteiger partial charge in [-0.3, -0.25) is 0 Å². The van der Waals surface area contributed by atoms with Crippen LogP contribution in [0.2, 0.25) is 0 Å². The van der Waals surface area contributed by atoms with Gasteiger partial charge < -0.3 is 0 Å². The fraction of sp³-hybridized carbons (Fsp3) is 0.368. The Balaban J connectivity index is 1.90. The molecule has 0 bridgehead atoms. The topological polar surface area (TPSA) is 37.4 Å². The van der Waals surface area contributed by atoms with Gasteiger partial charge in [0.05, 0.1) is 10.5 Å². The van der Waals surface area contributed by atoms with Gasteiger partial charge >= 0.3 is 6.18 Å². The lowest BCUT2D eigenvalue weighted by atomic mass is 9.95. The van der Waals surface area contributed by atoms with Gasteiger partial charge in [0.15, 0.2) is 0 Å². The number of hydrogen-bond donors (Lipinski definition) is 0. The molecule has 2 aromatic carbocycles. The number of sulfonamides is 1. The Morgan fingerprint density at radius 3 is 2.37 bits per heavy atom. The second kappa shape index (κ2) is 7.59. The maximum atomic E-state index is 13.2. The fourth-order valence-corrected chi connectivity index (χ4v) is 4.88. The number of nitrogens with zero attached hydrogens (tertiary/aromatic N) is 1. The normalized spacial score (nSPS) is 19.6. The molecule has 1 atom stereocenters. The molecule has 146 valence electrons. The largest absolute Gasteiger partial charge is 0.416 e. The SMILES string of the molecule is O=S(=O)(c1cccc(C(F)(F)F)c1)N1CCCCC(c2ccc(F)cc2)C1.